The number of fused-ring (bicyclic) bond motifs is 1. The van der Waals surface area contributed by atoms with Gasteiger partial charge in [0.15, 0.2) is 0 Å². The van der Waals surface area contributed by atoms with Gasteiger partial charge in [-0.1, -0.05) is 35.3 Å². The van der Waals surface area contributed by atoms with Crippen LogP contribution in [0.25, 0.3) is 11.0 Å². The number of para-hydroxylation sites is 2. The Labute approximate surface area is 133 Å². The van der Waals surface area contributed by atoms with E-state index in [4.69, 9.17) is 27.9 Å². The zero-order valence-corrected chi connectivity index (χ0v) is 13.0. The van der Waals surface area contributed by atoms with E-state index < -0.39 is 0 Å². The summed E-state index contributed by atoms with van der Waals surface area (Å²) in [7, 11) is 0. The van der Waals surface area contributed by atoms with Gasteiger partial charge in [-0.15, -0.1) is 0 Å². The Morgan fingerprint density at radius 2 is 1.90 bits per heavy atom. The molecule has 0 unspecified atom stereocenters. The molecule has 0 radical (unpaired) electrons. The van der Waals surface area contributed by atoms with Crippen LogP contribution in [-0.4, -0.2) is 16.2 Å². The van der Waals surface area contributed by atoms with Gasteiger partial charge in [-0.3, -0.25) is 0 Å². The Hall–Kier alpha value is -1.71. The van der Waals surface area contributed by atoms with Crippen LogP contribution in [0.2, 0.25) is 10.0 Å². The molecule has 108 valence electrons. The van der Waals surface area contributed by atoms with E-state index in [1.54, 1.807) is 12.1 Å². The number of hydrogen-bond donors (Lipinski definition) is 0. The van der Waals surface area contributed by atoms with Gasteiger partial charge >= 0.3 is 0 Å². The highest BCUT2D eigenvalue weighted by atomic mass is 35.5. The van der Waals surface area contributed by atoms with Crippen LogP contribution in [0.1, 0.15) is 5.82 Å². The van der Waals surface area contributed by atoms with E-state index in [-0.39, 0.29) is 0 Å². The van der Waals surface area contributed by atoms with E-state index in [9.17, 15) is 0 Å². The van der Waals surface area contributed by atoms with Crippen LogP contribution < -0.4 is 4.74 Å². The maximum atomic E-state index is 5.97. The fourth-order valence-corrected chi connectivity index (χ4v) is 2.59. The van der Waals surface area contributed by atoms with Crippen molar-refractivity contribution in [2.24, 2.45) is 0 Å². The molecule has 0 fully saturated rings. The lowest BCUT2D eigenvalue weighted by atomic mass is 10.3. The Kier molecular flexibility index (Phi) is 4.04. The molecule has 0 bridgehead atoms. The van der Waals surface area contributed by atoms with E-state index in [0.717, 1.165) is 23.4 Å². The van der Waals surface area contributed by atoms with Gasteiger partial charge in [0, 0.05) is 6.07 Å². The van der Waals surface area contributed by atoms with E-state index in [1.807, 2.05) is 31.2 Å². The molecule has 0 atom stereocenters. The lowest BCUT2D eigenvalue weighted by molar-refractivity contribution is 0.299. The average molecular weight is 321 g/mol. The summed E-state index contributed by atoms with van der Waals surface area (Å²) in [5.74, 6) is 1.69. The molecule has 1 heterocycles. The molecule has 0 spiro atoms. The third-order valence-corrected chi connectivity index (χ3v) is 4.06. The smallest absolute Gasteiger partial charge is 0.120 e. The second-order valence-electron chi connectivity index (χ2n) is 4.72. The van der Waals surface area contributed by atoms with Crippen molar-refractivity contribution < 1.29 is 4.74 Å². The Morgan fingerprint density at radius 3 is 2.71 bits per heavy atom. The summed E-state index contributed by atoms with van der Waals surface area (Å²) in [6.07, 6.45) is 0. The van der Waals surface area contributed by atoms with Crippen molar-refractivity contribution in [2.45, 2.75) is 13.5 Å². The number of aromatic nitrogens is 2. The van der Waals surface area contributed by atoms with Crippen molar-refractivity contribution in [3.8, 4) is 5.75 Å². The van der Waals surface area contributed by atoms with Gasteiger partial charge in [0.1, 0.15) is 18.2 Å². The minimum atomic E-state index is 0.499. The molecule has 3 rings (SSSR count). The largest absolute Gasteiger partial charge is 0.492 e. The highest BCUT2D eigenvalue weighted by Crippen LogP contribution is 2.26. The first-order chi connectivity index (χ1) is 10.1. The Balaban J connectivity index is 1.72. The number of ether oxygens (including phenoxy) is 1. The molecule has 1 aromatic heterocycles. The van der Waals surface area contributed by atoms with E-state index in [0.29, 0.717) is 22.4 Å². The van der Waals surface area contributed by atoms with Gasteiger partial charge in [-0.2, -0.15) is 0 Å². The number of halogens is 2. The highest BCUT2D eigenvalue weighted by Gasteiger charge is 2.06. The van der Waals surface area contributed by atoms with Crippen LogP contribution in [0.3, 0.4) is 0 Å². The van der Waals surface area contributed by atoms with Crippen LogP contribution in [0.4, 0.5) is 0 Å². The molecule has 3 nitrogen and oxygen atoms in total. The molecule has 0 saturated carbocycles. The lowest BCUT2D eigenvalue weighted by Gasteiger charge is -2.09. The van der Waals surface area contributed by atoms with Crippen molar-refractivity contribution in [1.29, 1.82) is 0 Å². The molecule has 0 aliphatic carbocycles. The van der Waals surface area contributed by atoms with Gasteiger partial charge in [-0.25, -0.2) is 4.98 Å². The average Bonchev–Trinajstić information content (AvgIpc) is 2.79. The second kappa shape index (κ2) is 5.96. The van der Waals surface area contributed by atoms with E-state index in [1.165, 1.54) is 0 Å². The number of imidazole rings is 1. The van der Waals surface area contributed by atoms with Crippen LogP contribution in [0.15, 0.2) is 42.5 Å². The number of aryl methyl sites for hydroxylation is 1. The van der Waals surface area contributed by atoms with Gasteiger partial charge < -0.3 is 9.30 Å². The summed E-state index contributed by atoms with van der Waals surface area (Å²) in [6, 6.07) is 13.4. The molecule has 3 aromatic rings. The van der Waals surface area contributed by atoms with Gasteiger partial charge in [0.25, 0.3) is 0 Å². The molecule has 0 aliphatic rings. The van der Waals surface area contributed by atoms with Crippen molar-refractivity contribution in [1.82, 2.24) is 9.55 Å². The van der Waals surface area contributed by atoms with Crippen molar-refractivity contribution in [3.05, 3.63) is 58.3 Å². The highest BCUT2D eigenvalue weighted by molar-refractivity contribution is 6.42. The summed E-state index contributed by atoms with van der Waals surface area (Å²) in [4.78, 5) is 4.53. The first-order valence-corrected chi connectivity index (χ1v) is 7.40. The molecule has 21 heavy (non-hydrogen) atoms. The first-order valence-electron chi connectivity index (χ1n) is 6.65. The predicted molar refractivity (Wildman–Crippen MR) is 86.4 cm³/mol. The number of benzene rings is 2. The van der Waals surface area contributed by atoms with Crippen LogP contribution in [0.5, 0.6) is 5.75 Å². The second-order valence-corrected chi connectivity index (χ2v) is 5.54. The Morgan fingerprint density at radius 1 is 1.10 bits per heavy atom. The lowest BCUT2D eigenvalue weighted by Crippen LogP contribution is -2.09. The van der Waals surface area contributed by atoms with Crippen LogP contribution >= 0.6 is 23.2 Å². The zero-order valence-electron chi connectivity index (χ0n) is 11.5. The number of nitrogens with zero attached hydrogens (tertiary/aromatic N) is 2. The third kappa shape index (κ3) is 2.99. The molecule has 5 heteroatoms. The minimum absolute atomic E-state index is 0.499. The van der Waals surface area contributed by atoms with Crippen LogP contribution in [0, 0.1) is 6.92 Å². The molecular formula is C16H14Cl2N2O. The maximum Gasteiger partial charge on any atom is 0.120 e. The normalized spacial score (nSPS) is 11.0. The SMILES string of the molecule is Cc1nc2ccccc2n1CCOc1ccc(Cl)c(Cl)c1. The third-order valence-electron chi connectivity index (χ3n) is 3.32. The summed E-state index contributed by atoms with van der Waals surface area (Å²) >= 11 is 11.9. The molecule has 0 aliphatic heterocycles. The zero-order chi connectivity index (χ0) is 14.8. The maximum absolute atomic E-state index is 5.97. The Bertz CT molecular complexity index is 783. The van der Waals surface area contributed by atoms with Gasteiger partial charge in [0.2, 0.25) is 0 Å². The predicted octanol–water partition coefficient (Wildman–Crippen LogP) is 4.73. The molecule has 2 aromatic carbocycles. The summed E-state index contributed by atoms with van der Waals surface area (Å²) in [5.41, 5.74) is 2.12. The first kappa shape index (κ1) is 14.2. The van der Waals surface area contributed by atoms with Gasteiger partial charge in [-0.05, 0) is 31.2 Å². The van der Waals surface area contributed by atoms with Gasteiger partial charge in [0.05, 0.1) is 27.6 Å². The topological polar surface area (TPSA) is 27.1 Å². The standard InChI is InChI=1S/C16H14Cl2N2O/c1-11-19-15-4-2-3-5-16(15)20(11)8-9-21-12-6-7-13(17)14(18)10-12/h2-7,10H,8-9H2,1H3. The molecule has 0 amide bonds. The fraction of sp³-hybridized carbons (Fsp3) is 0.188. The quantitative estimate of drug-likeness (QED) is 0.694. The molecule has 0 saturated heterocycles. The summed E-state index contributed by atoms with van der Waals surface area (Å²) < 4.78 is 7.87. The van der Waals surface area contributed by atoms with Crippen LogP contribution in [-0.2, 0) is 6.54 Å². The molecule has 0 N–H and O–H groups in total. The fourth-order valence-electron chi connectivity index (χ4n) is 2.30. The molecular weight excluding hydrogens is 307 g/mol. The van der Waals surface area contributed by atoms with E-state index >= 15 is 0 Å². The summed E-state index contributed by atoms with van der Waals surface area (Å²) in [5, 5.41) is 1.03. The van der Waals surface area contributed by atoms with Crippen molar-refractivity contribution >= 4 is 34.2 Å². The van der Waals surface area contributed by atoms with Crippen molar-refractivity contribution in [3.63, 3.8) is 0 Å². The monoisotopic (exact) mass is 320 g/mol. The number of hydrogen-bond acceptors (Lipinski definition) is 2. The summed E-state index contributed by atoms with van der Waals surface area (Å²) in [6.45, 7) is 3.27. The van der Waals surface area contributed by atoms with E-state index in [2.05, 4.69) is 15.6 Å². The van der Waals surface area contributed by atoms with Crippen molar-refractivity contribution in [2.75, 3.05) is 6.61 Å². The minimum Gasteiger partial charge on any atom is -0.492 e. The number of rotatable bonds is 4.